The summed E-state index contributed by atoms with van der Waals surface area (Å²) >= 11 is 0. The molecule has 1 aromatic heterocycles. The molecule has 0 atom stereocenters. The number of benzene rings is 1. The van der Waals surface area contributed by atoms with Crippen molar-refractivity contribution in [3.05, 3.63) is 54.4 Å². The molecule has 1 aromatic carbocycles. The van der Waals surface area contributed by atoms with E-state index in [0.717, 1.165) is 28.8 Å². The van der Waals surface area contributed by atoms with Crippen molar-refractivity contribution in [2.24, 2.45) is 4.99 Å². The lowest BCUT2D eigenvalue weighted by Crippen LogP contribution is -2.36. The summed E-state index contributed by atoms with van der Waals surface area (Å²) in [5, 5.41) is 3.41. The van der Waals surface area contributed by atoms with Crippen molar-refractivity contribution < 1.29 is 13.9 Å². The number of pyridine rings is 1. The molecule has 0 saturated carbocycles. The molecule has 7 heteroatoms. The second-order valence-electron chi connectivity index (χ2n) is 6.92. The molecule has 2 aromatic rings. The number of amidine groups is 1. The highest BCUT2D eigenvalue weighted by Gasteiger charge is 2.17. The minimum atomic E-state index is -0.578. The van der Waals surface area contributed by atoms with E-state index >= 15 is 0 Å². The first-order chi connectivity index (χ1) is 14.2. The van der Waals surface area contributed by atoms with E-state index in [9.17, 15) is 9.18 Å². The molecule has 1 amide bonds. The molecule has 0 aliphatic carbocycles. The van der Waals surface area contributed by atoms with Gasteiger partial charge in [-0.3, -0.25) is 14.8 Å². The molecule has 150 valence electrons. The van der Waals surface area contributed by atoms with E-state index in [4.69, 9.17) is 4.74 Å². The smallest absolute Gasteiger partial charge is 0.224 e. The molecule has 0 spiro atoms. The first-order valence-corrected chi connectivity index (χ1v) is 9.76. The number of hydrogen-bond donors (Lipinski definition) is 1. The van der Waals surface area contributed by atoms with E-state index in [-0.39, 0.29) is 18.9 Å². The Morgan fingerprint density at radius 2 is 2.21 bits per heavy atom. The predicted octanol–water partition coefficient (Wildman–Crippen LogP) is 3.25. The first kappa shape index (κ1) is 19.1. The highest BCUT2D eigenvalue weighted by Crippen LogP contribution is 2.33. The van der Waals surface area contributed by atoms with Gasteiger partial charge in [0.2, 0.25) is 5.91 Å². The summed E-state index contributed by atoms with van der Waals surface area (Å²) in [6.45, 7) is 0.459. The molecule has 0 saturated heterocycles. The lowest BCUT2D eigenvalue weighted by atomic mass is 10.0. The number of hydrogen-bond acceptors (Lipinski definition) is 5. The van der Waals surface area contributed by atoms with Crippen LogP contribution in [0.3, 0.4) is 0 Å². The number of rotatable bonds is 2. The van der Waals surface area contributed by atoms with Crippen molar-refractivity contribution in [1.29, 1.82) is 0 Å². The Balaban J connectivity index is 1.73. The zero-order valence-corrected chi connectivity index (χ0v) is 16.1. The number of amides is 1. The van der Waals surface area contributed by atoms with Crippen LogP contribution in [0.5, 0.6) is 5.75 Å². The number of halogens is 1. The van der Waals surface area contributed by atoms with Crippen LogP contribution >= 0.6 is 0 Å². The van der Waals surface area contributed by atoms with Gasteiger partial charge in [-0.1, -0.05) is 18.2 Å². The quantitative estimate of drug-likeness (QED) is 0.849. The van der Waals surface area contributed by atoms with Gasteiger partial charge in [-0.05, 0) is 35.8 Å². The van der Waals surface area contributed by atoms with Crippen LogP contribution < -0.4 is 10.1 Å². The average molecular weight is 394 g/mol. The monoisotopic (exact) mass is 394 g/mol. The summed E-state index contributed by atoms with van der Waals surface area (Å²) in [5.74, 6) is 1.27. The molecular weight excluding hydrogens is 371 g/mol. The molecule has 0 unspecified atom stereocenters. The number of nitrogens with zero attached hydrogens (tertiary/aromatic N) is 3. The van der Waals surface area contributed by atoms with Crippen molar-refractivity contribution in [1.82, 2.24) is 9.88 Å². The number of nitrogens with one attached hydrogen (secondary N) is 1. The number of anilines is 1. The number of aliphatic imine (C=N–C) groups is 1. The molecule has 4 rings (SSSR count). The summed E-state index contributed by atoms with van der Waals surface area (Å²) in [4.78, 5) is 22.9. The van der Waals surface area contributed by atoms with Gasteiger partial charge in [0.15, 0.2) is 0 Å². The topological polar surface area (TPSA) is 66.8 Å². The fourth-order valence-electron chi connectivity index (χ4n) is 3.51. The van der Waals surface area contributed by atoms with E-state index in [1.165, 1.54) is 4.90 Å². The highest BCUT2D eigenvalue weighted by atomic mass is 19.1. The summed E-state index contributed by atoms with van der Waals surface area (Å²) in [7, 11) is 0. The van der Waals surface area contributed by atoms with E-state index in [1.807, 2.05) is 48.8 Å². The number of carbonyl (C=O) groups excluding carboxylic acids is 1. The Bertz CT molecular complexity index is 958. The Labute approximate surface area is 169 Å². The Morgan fingerprint density at radius 3 is 3.10 bits per heavy atom. The highest BCUT2D eigenvalue weighted by molar-refractivity contribution is 6.07. The van der Waals surface area contributed by atoms with Gasteiger partial charge >= 0.3 is 0 Å². The minimum absolute atomic E-state index is 0.0669. The zero-order chi connectivity index (χ0) is 20.1. The van der Waals surface area contributed by atoms with E-state index in [0.29, 0.717) is 31.3 Å². The van der Waals surface area contributed by atoms with Crippen LogP contribution in [-0.2, 0) is 11.2 Å². The number of allylic oxidation sites excluding steroid dienone is 1. The van der Waals surface area contributed by atoms with Gasteiger partial charge in [-0.2, -0.15) is 0 Å². The van der Waals surface area contributed by atoms with Crippen LogP contribution in [0, 0.1) is 0 Å². The van der Waals surface area contributed by atoms with Crippen molar-refractivity contribution in [3.63, 3.8) is 0 Å². The Morgan fingerprint density at radius 1 is 1.28 bits per heavy atom. The van der Waals surface area contributed by atoms with Crippen LogP contribution in [0.4, 0.5) is 10.1 Å². The number of ether oxygens (including phenoxy) is 1. The molecular formula is C22H23FN4O2. The summed E-state index contributed by atoms with van der Waals surface area (Å²) in [6.07, 6.45) is 8.60. The maximum Gasteiger partial charge on any atom is 0.224 e. The molecule has 4 bridgehead atoms. The van der Waals surface area contributed by atoms with Crippen LogP contribution in [-0.4, -0.2) is 54.5 Å². The van der Waals surface area contributed by atoms with Crippen LogP contribution in [0.2, 0.25) is 0 Å². The van der Waals surface area contributed by atoms with Crippen LogP contribution in [0.25, 0.3) is 11.1 Å². The van der Waals surface area contributed by atoms with E-state index in [1.54, 1.807) is 0 Å². The number of aromatic nitrogens is 1. The van der Waals surface area contributed by atoms with Crippen LogP contribution in [0.15, 0.2) is 53.8 Å². The lowest BCUT2D eigenvalue weighted by molar-refractivity contribution is -0.131. The SMILES string of the molecule is O=C1CCN=C2C=CCc3cncc(c3N2)-c2cccc(c2)OCCN1CCF. The molecule has 3 heterocycles. The summed E-state index contributed by atoms with van der Waals surface area (Å²) in [6, 6.07) is 7.77. The number of fused-ring (bicyclic) bond motifs is 4. The fourth-order valence-corrected chi connectivity index (χ4v) is 3.51. The van der Waals surface area contributed by atoms with Gasteiger partial charge in [-0.15, -0.1) is 0 Å². The molecule has 6 nitrogen and oxygen atoms in total. The van der Waals surface area contributed by atoms with Crippen molar-refractivity contribution in [3.8, 4) is 16.9 Å². The maximum absolute atomic E-state index is 12.9. The Kier molecular flexibility index (Phi) is 5.84. The standard InChI is InChI=1S/C22H23FN4O2/c23-8-10-27-11-12-29-18-5-1-3-16(13-18)19-15-24-14-17-4-2-6-20(26-22(17)19)25-9-7-21(27)28/h1-3,5-6,13-15H,4,7-12H2,(H,25,26). The van der Waals surface area contributed by atoms with Gasteiger partial charge in [0.1, 0.15) is 24.9 Å². The molecule has 0 radical (unpaired) electrons. The largest absolute Gasteiger partial charge is 0.492 e. The summed E-state index contributed by atoms with van der Waals surface area (Å²) in [5.41, 5.74) is 3.98. The average Bonchev–Trinajstić information content (AvgIpc) is 2.94. The minimum Gasteiger partial charge on any atom is -0.492 e. The van der Waals surface area contributed by atoms with Crippen molar-refractivity contribution in [2.75, 3.05) is 38.2 Å². The third-order valence-electron chi connectivity index (χ3n) is 4.98. The fraction of sp³-hybridized carbons (Fsp3) is 0.318. The molecule has 2 aliphatic heterocycles. The van der Waals surface area contributed by atoms with Gasteiger partial charge in [0, 0.05) is 30.9 Å². The van der Waals surface area contributed by atoms with Gasteiger partial charge < -0.3 is 15.0 Å². The van der Waals surface area contributed by atoms with Crippen molar-refractivity contribution >= 4 is 17.4 Å². The maximum atomic E-state index is 12.9. The predicted molar refractivity (Wildman–Crippen MR) is 111 cm³/mol. The molecule has 0 fully saturated rings. The van der Waals surface area contributed by atoms with Gasteiger partial charge in [-0.25, -0.2) is 4.39 Å². The third-order valence-corrected chi connectivity index (χ3v) is 4.98. The number of carbonyl (C=O) groups is 1. The van der Waals surface area contributed by atoms with Crippen LogP contribution in [0.1, 0.15) is 12.0 Å². The second-order valence-corrected chi connectivity index (χ2v) is 6.92. The third kappa shape index (κ3) is 4.45. The van der Waals surface area contributed by atoms with Gasteiger partial charge in [0.25, 0.3) is 0 Å². The molecule has 1 N–H and O–H groups in total. The van der Waals surface area contributed by atoms with E-state index < -0.39 is 6.67 Å². The number of alkyl halides is 1. The van der Waals surface area contributed by atoms with Crippen molar-refractivity contribution in [2.45, 2.75) is 12.8 Å². The lowest BCUT2D eigenvalue weighted by Gasteiger charge is -2.21. The molecule has 29 heavy (non-hydrogen) atoms. The normalized spacial score (nSPS) is 16.7. The van der Waals surface area contributed by atoms with E-state index in [2.05, 4.69) is 15.3 Å². The van der Waals surface area contributed by atoms with Gasteiger partial charge in [0.05, 0.1) is 18.8 Å². The zero-order valence-electron chi connectivity index (χ0n) is 16.1. The Hall–Kier alpha value is -3.22. The summed E-state index contributed by atoms with van der Waals surface area (Å²) < 4.78 is 18.7. The second kappa shape index (κ2) is 8.86. The first-order valence-electron chi connectivity index (χ1n) is 9.76. The molecule has 2 aliphatic rings.